The van der Waals surface area contributed by atoms with Crippen molar-refractivity contribution in [3.8, 4) is 11.4 Å². The van der Waals surface area contributed by atoms with Crippen LogP contribution < -0.4 is 5.32 Å². The second-order valence-corrected chi connectivity index (χ2v) is 8.80. The van der Waals surface area contributed by atoms with E-state index in [1.165, 1.54) is 31.7 Å². The number of aromatic nitrogens is 3. The van der Waals surface area contributed by atoms with Crippen molar-refractivity contribution in [3.05, 3.63) is 52.9 Å². The summed E-state index contributed by atoms with van der Waals surface area (Å²) in [6, 6.07) is 9.46. The molecule has 4 aromatic rings. The zero-order chi connectivity index (χ0) is 20.7. The molecule has 0 unspecified atom stereocenters. The maximum Gasteiger partial charge on any atom is 0.138 e. The van der Waals surface area contributed by atoms with Crippen LogP contribution in [0.3, 0.4) is 0 Å². The first-order valence-corrected chi connectivity index (χ1v) is 11.1. The molecule has 1 aliphatic rings. The van der Waals surface area contributed by atoms with Crippen LogP contribution in [0.15, 0.2) is 36.5 Å². The van der Waals surface area contributed by atoms with Gasteiger partial charge in [0.2, 0.25) is 0 Å². The molecule has 1 saturated heterocycles. The quantitative estimate of drug-likeness (QED) is 0.408. The van der Waals surface area contributed by atoms with Crippen LogP contribution in [0.1, 0.15) is 31.2 Å². The number of rotatable bonds is 5. The molecular formula is C24H26ClFN4. The smallest absolute Gasteiger partial charge is 0.138 e. The molecule has 30 heavy (non-hydrogen) atoms. The standard InChI is InChI=1S/C24H26ClFN4/c1-15-20(26)5-6-21-23(15)29-24(28-21)17-4-7-22-18(13-17)19(25)14-30(22)12-2-3-16-8-10-27-11-9-16/h4-7,13-14,16,27H,2-3,8-12H2,1H3,(H,28,29). The van der Waals surface area contributed by atoms with Gasteiger partial charge in [-0.25, -0.2) is 9.37 Å². The van der Waals surface area contributed by atoms with E-state index in [-0.39, 0.29) is 5.82 Å². The minimum absolute atomic E-state index is 0.236. The van der Waals surface area contributed by atoms with Crippen molar-refractivity contribution in [1.29, 1.82) is 0 Å². The second kappa shape index (κ2) is 8.05. The summed E-state index contributed by atoms with van der Waals surface area (Å²) >= 11 is 6.58. The Labute approximate surface area is 180 Å². The molecule has 0 amide bonds. The lowest BCUT2D eigenvalue weighted by Gasteiger charge is -2.22. The van der Waals surface area contributed by atoms with Gasteiger partial charge in [0.15, 0.2) is 0 Å². The lowest BCUT2D eigenvalue weighted by atomic mass is 9.93. The van der Waals surface area contributed by atoms with Crippen LogP contribution >= 0.6 is 11.6 Å². The number of hydrogen-bond acceptors (Lipinski definition) is 2. The third kappa shape index (κ3) is 3.61. The number of imidazole rings is 1. The highest BCUT2D eigenvalue weighted by molar-refractivity contribution is 6.35. The van der Waals surface area contributed by atoms with Gasteiger partial charge in [0, 0.05) is 34.8 Å². The zero-order valence-corrected chi connectivity index (χ0v) is 17.9. The third-order valence-corrected chi connectivity index (χ3v) is 6.72. The van der Waals surface area contributed by atoms with Crippen molar-refractivity contribution in [1.82, 2.24) is 19.9 Å². The summed E-state index contributed by atoms with van der Waals surface area (Å²) in [5.41, 5.74) is 4.17. The largest absolute Gasteiger partial charge is 0.346 e. The number of fused-ring (bicyclic) bond motifs is 2. The molecule has 3 heterocycles. The number of nitrogens with one attached hydrogen (secondary N) is 2. The Balaban J connectivity index is 1.40. The van der Waals surface area contributed by atoms with Gasteiger partial charge < -0.3 is 14.9 Å². The molecule has 156 valence electrons. The van der Waals surface area contributed by atoms with Gasteiger partial charge in [0.05, 0.1) is 16.1 Å². The highest BCUT2D eigenvalue weighted by Crippen LogP contribution is 2.32. The molecule has 0 saturated carbocycles. The number of halogens is 2. The number of hydrogen-bond donors (Lipinski definition) is 2. The van der Waals surface area contributed by atoms with Crippen molar-refractivity contribution in [2.24, 2.45) is 5.92 Å². The van der Waals surface area contributed by atoms with Crippen molar-refractivity contribution < 1.29 is 4.39 Å². The predicted molar refractivity (Wildman–Crippen MR) is 122 cm³/mol. The first kappa shape index (κ1) is 19.6. The monoisotopic (exact) mass is 424 g/mol. The lowest BCUT2D eigenvalue weighted by Crippen LogP contribution is -2.27. The van der Waals surface area contributed by atoms with E-state index in [1.54, 1.807) is 13.0 Å². The third-order valence-electron chi connectivity index (χ3n) is 6.42. The van der Waals surface area contributed by atoms with E-state index in [0.29, 0.717) is 11.1 Å². The summed E-state index contributed by atoms with van der Waals surface area (Å²) in [5.74, 6) is 1.34. The summed E-state index contributed by atoms with van der Waals surface area (Å²) in [7, 11) is 0. The van der Waals surface area contributed by atoms with E-state index in [0.717, 1.165) is 58.4 Å². The highest BCUT2D eigenvalue weighted by Gasteiger charge is 2.15. The van der Waals surface area contributed by atoms with Crippen LogP contribution in [-0.4, -0.2) is 27.6 Å². The number of H-pyrrole nitrogens is 1. The van der Waals surface area contributed by atoms with Crippen LogP contribution in [0.25, 0.3) is 33.3 Å². The molecule has 5 rings (SSSR count). The fraction of sp³-hybridized carbons (Fsp3) is 0.375. The van der Waals surface area contributed by atoms with Gasteiger partial charge in [-0.15, -0.1) is 0 Å². The zero-order valence-electron chi connectivity index (χ0n) is 17.1. The molecule has 0 bridgehead atoms. The fourth-order valence-corrected chi connectivity index (χ4v) is 4.90. The van der Waals surface area contributed by atoms with Crippen LogP contribution in [0.2, 0.25) is 5.02 Å². The normalized spacial score (nSPS) is 15.4. The number of nitrogens with zero attached hydrogens (tertiary/aromatic N) is 2. The fourth-order valence-electron chi connectivity index (χ4n) is 4.63. The molecule has 1 aliphatic heterocycles. The highest BCUT2D eigenvalue weighted by atomic mass is 35.5. The Morgan fingerprint density at radius 3 is 2.87 bits per heavy atom. The molecule has 1 fully saturated rings. The number of aromatic amines is 1. The van der Waals surface area contributed by atoms with Crippen molar-refractivity contribution >= 4 is 33.5 Å². The number of piperidine rings is 1. The SMILES string of the molecule is Cc1c(F)ccc2[nH]c(-c3ccc4c(c3)c(Cl)cn4CCCC3CCNCC3)nc12. The van der Waals surface area contributed by atoms with Gasteiger partial charge >= 0.3 is 0 Å². The van der Waals surface area contributed by atoms with Gasteiger partial charge in [-0.05, 0) is 81.9 Å². The Kier molecular flexibility index (Phi) is 5.25. The van der Waals surface area contributed by atoms with Crippen LogP contribution in [0, 0.1) is 18.7 Å². The van der Waals surface area contributed by atoms with E-state index in [1.807, 2.05) is 6.20 Å². The van der Waals surface area contributed by atoms with Gasteiger partial charge in [0.25, 0.3) is 0 Å². The number of benzene rings is 2. The summed E-state index contributed by atoms with van der Waals surface area (Å²) in [5, 5.41) is 5.22. The first-order chi connectivity index (χ1) is 14.6. The molecule has 0 atom stereocenters. The average molecular weight is 425 g/mol. The topological polar surface area (TPSA) is 45.6 Å². The van der Waals surface area contributed by atoms with E-state index in [4.69, 9.17) is 11.6 Å². The molecule has 0 spiro atoms. The van der Waals surface area contributed by atoms with Crippen LogP contribution in [0.5, 0.6) is 0 Å². The molecule has 6 heteroatoms. The Morgan fingerprint density at radius 1 is 1.20 bits per heavy atom. The Hall–Kier alpha value is -2.37. The van der Waals surface area contributed by atoms with E-state index >= 15 is 0 Å². The molecule has 2 aromatic heterocycles. The summed E-state index contributed by atoms with van der Waals surface area (Å²) in [6.45, 7) is 5.04. The Bertz CT molecular complexity index is 1200. The summed E-state index contributed by atoms with van der Waals surface area (Å²) in [4.78, 5) is 7.95. The summed E-state index contributed by atoms with van der Waals surface area (Å²) in [6.07, 6.45) is 7.05. The minimum atomic E-state index is -0.236. The first-order valence-electron chi connectivity index (χ1n) is 10.7. The maximum atomic E-state index is 13.9. The van der Waals surface area contributed by atoms with E-state index < -0.39 is 0 Å². The minimum Gasteiger partial charge on any atom is -0.346 e. The van der Waals surface area contributed by atoms with Crippen molar-refractivity contribution in [2.45, 2.75) is 39.2 Å². The van der Waals surface area contributed by atoms with Gasteiger partial charge in [0.1, 0.15) is 11.6 Å². The number of aryl methyl sites for hydroxylation is 2. The van der Waals surface area contributed by atoms with Gasteiger partial charge in [-0.2, -0.15) is 0 Å². The Morgan fingerprint density at radius 2 is 2.03 bits per heavy atom. The molecule has 0 aliphatic carbocycles. The maximum absolute atomic E-state index is 13.9. The predicted octanol–water partition coefficient (Wildman–Crippen LogP) is 6.07. The summed E-state index contributed by atoms with van der Waals surface area (Å²) < 4.78 is 16.1. The molecule has 0 radical (unpaired) electrons. The van der Waals surface area contributed by atoms with Crippen molar-refractivity contribution in [2.75, 3.05) is 13.1 Å². The lowest BCUT2D eigenvalue weighted by molar-refractivity contribution is 0.341. The molecule has 2 N–H and O–H groups in total. The molecular weight excluding hydrogens is 399 g/mol. The van der Waals surface area contributed by atoms with Crippen molar-refractivity contribution in [3.63, 3.8) is 0 Å². The van der Waals surface area contributed by atoms with E-state index in [9.17, 15) is 4.39 Å². The van der Waals surface area contributed by atoms with Crippen LogP contribution in [-0.2, 0) is 6.54 Å². The van der Waals surface area contributed by atoms with Gasteiger partial charge in [-0.3, -0.25) is 0 Å². The van der Waals surface area contributed by atoms with E-state index in [2.05, 4.69) is 38.1 Å². The molecule has 4 nitrogen and oxygen atoms in total. The second-order valence-electron chi connectivity index (χ2n) is 8.39. The average Bonchev–Trinajstić information content (AvgIpc) is 3.33. The molecule has 2 aromatic carbocycles. The van der Waals surface area contributed by atoms with Crippen LogP contribution in [0.4, 0.5) is 4.39 Å². The van der Waals surface area contributed by atoms with Gasteiger partial charge in [-0.1, -0.05) is 11.6 Å².